The van der Waals surface area contributed by atoms with E-state index in [0.29, 0.717) is 10.6 Å². The first-order chi connectivity index (χ1) is 11.5. The van der Waals surface area contributed by atoms with Crippen molar-refractivity contribution >= 4 is 29.3 Å². The van der Waals surface area contributed by atoms with Crippen molar-refractivity contribution < 1.29 is 18.4 Å². The SMILES string of the molecule is CNC(=O)Cc1ccc(NC(=O)CSc2ccc(F)c(F)c2)cc1. The average Bonchev–Trinajstić information content (AvgIpc) is 2.57. The fraction of sp³-hybridized carbons (Fsp3) is 0.176. The number of likely N-dealkylation sites (N-methyl/N-ethyl adjacent to an activating group) is 1. The normalized spacial score (nSPS) is 10.3. The molecule has 0 aliphatic rings. The van der Waals surface area contributed by atoms with E-state index in [-0.39, 0.29) is 24.0 Å². The quantitative estimate of drug-likeness (QED) is 0.788. The minimum absolute atomic E-state index is 0.0745. The lowest BCUT2D eigenvalue weighted by Gasteiger charge is -2.07. The van der Waals surface area contributed by atoms with E-state index < -0.39 is 11.6 Å². The van der Waals surface area contributed by atoms with Gasteiger partial charge in [-0.25, -0.2) is 8.78 Å². The molecule has 7 heteroatoms. The summed E-state index contributed by atoms with van der Waals surface area (Å²) in [7, 11) is 1.57. The molecule has 0 atom stereocenters. The summed E-state index contributed by atoms with van der Waals surface area (Å²) in [4.78, 5) is 23.6. The van der Waals surface area contributed by atoms with E-state index in [2.05, 4.69) is 10.6 Å². The molecule has 2 N–H and O–H groups in total. The summed E-state index contributed by atoms with van der Waals surface area (Å²) in [6, 6.07) is 10.4. The number of hydrogen-bond donors (Lipinski definition) is 2. The highest BCUT2D eigenvalue weighted by atomic mass is 32.2. The molecule has 2 aromatic carbocycles. The number of hydrogen-bond acceptors (Lipinski definition) is 3. The van der Waals surface area contributed by atoms with E-state index in [1.807, 2.05) is 0 Å². The zero-order valence-corrected chi connectivity index (χ0v) is 13.8. The van der Waals surface area contributed by atoms with Crippen LogP contribution in [0.25, 0.3) is 0 Å². The standard InChI is InChI=1S/C17H16F2N2O2S/c1-20-16(22)8-11-2-4-12(5-3-11)21-17(23)10-24-13-6-7-14(18)15(19)9-13/h2-7,9H,8,10H2,1H3,(H,20,22)(H,21,23). The molecule has 2 aromatic rings. The van der Waals surface area contributed by atoms with Crippen LogP contribution in [0.1, 0.15) is 5.56 Å². The molecule has 0 unspecified atom stereocenters. The number of nitrogens with one attached hydrogen (secondary N) is 2. The van der Waals surface area contributed by atoms with Crippen molar-refractivity contribution in [1.29, 1.82) is 0 Å². The van der Waals surface area contributed by atoms with Gasteiger partial charge in [-0.2, -0.15) is 0 Å². The minimum atomic E-state index is -0.938. The Balaban J connectivity index is 1.85. The largest absolute Gasteiger partial charge is 0.359 e. The number of thioether (sulfide) groups is 1. The maximum atomic E-state index is 13.1. The molecule has 0 aliphatic carbocycles. The fourth-order valence-corrected chi connectivity index (χ4v) is 2.61. The van der Waals surface area contributed by atoms with Crippen LogP contribution in [-0.4, -0.2) is 24.6 Å². The van der Waals surface area contributed by atoms with Gasteiger partial charge >= 0.3 is 0 Å². The van der Waals surface area contributed by atoms with Gasteiger partial charge < -0.3 is 10.6 Å². The lowest BCUT2D eigenvalue weighted by molar-refractivity contribution is -0.120. The molecule has 2 amide bonds. The molecule has 0 aromatic heterocycles. The number of anilines is 1. The van der Waals surface area contributed by atoms with Gasteiger partial charge in [0.05, 0.1) is 12.2 Å². The third-order valence-corrected chi connectivity index (χ3v) is 4.14. The van der Waals surface area contributed by atoms with E-state index in [4.69, 9.17) is 0 Å². The van der Waals surface area contributed by atoms with Crippen LogP contribution in [0.4, 0.5) is 14.5 Å². The van der Waals surface area contributed by atoms with Crippen molar-refractivity contribution in [1.82, 2.24) is 5.32 Å². The monoisotopic (exact) mass is 350 g/mol. The van der Waals surface area contributed by atoms with Gasteiger partial charge in [0.25, 0.3) is 0 Å². The molecular formula is C17H16F2N2O2S. The molecule has 4 nitrogen and oxygen atoms in total. The summed E-state index contributed by atoms with van der Waals surface area (Å²) in [5.41, 5.74) is 1.44. The number of rotatable bonds is 6. The Morgan fingerprint density at radius 2 is 1.71 bits per heavy atom. The molecule has 0 spiro atoms. The first kappa shape index (κ1) is 17.9. The summed E-state index contributed by atoms with van der Waals surface area (Å²) in [5, 5.41) is 5.24. The molecular weight excluding hydrogens is 334 g/mol. The third-order valence-electron chi connectivity index (χ3n) is 3.14. The molecule has 126 valence electrons. The van der Waals surface area contributed by atoms with Gasteiger partial charge in [-0.05, 0) is 35.9 Å². The maximum Gasteiger partial charge on any atom is 0.234 e. The summed E-state index contributed by atoms with van der Waals surface area (Å²) in [5.74, 6) is -2.13. The number of amides is 2. The van der Waals surface area contributed by atoms with Gasteiger partial charge in [0, 0.05) is 17.6 Å². The molecule has 0 heterocycles. The van der Waals surface area contributed by atoms with Gasteiger partial charge in [0.1, 0.15) is 0 Å². The molecule has 0 fully saturated rings. The predicted molar refractivity (Wildman–Crippen MR) is 89.9 cm³/mol. The number of benzene rings is 2. The Hall–Kier alpha value is -2.41. The van der Waals surface area contributed by atoms with E-state index >= 15 is 0 Å². The Kier molecular flexibility index (Phi) is 6.31. The van der Waals surface area contributed by atoms with Crippen molar-refractivity contribution in [3.63, 3.8) is 0 Å². The fourth-order valence-electron chi connectivity index (χ4n) is 1.89. The van der Waals surface area contributed by atoms with Crippen molar-refractivity contribution in [3.05, 3.63) is 59.7 Å². The number of carbonyl (C=O) groups excluding carboxylic acids is 2. The van der Waals surface area contributed by atoms with Crippen LogP contribution in [0.3, 0.4) is 0 Å². The zero-order valence-electron chi connectivity index (χ0n) is 12.9. The van der Waals surface area contributed by atoms with E-state index in [0.717, 1.165) is 29.5 Å². The van der Waals surface area contributed by atoms with Crippen LogP contribution in [-0.2, 0) is 16.0 Å². The summed E-state index contributed by atoms with van der Waals surface area (Å²) in [6.07, 6.45) is 0.275. The number of halogens is 2. The van der Waals surface area contributed by atoms with Crippen molar-refractivity contribution in [2.75, 3.05) is 18.1 Å². The third kappa shape index (κ3) is 5.34. The molecule has 0 saturated carbocycles. The molecule has 0 radical (unpaired) electrons. The molecule has 2 rings (SSSR count). The van der Waals surface area contributed by atoms with Crippen LogP contribution in [0.5, 0.6) is 0 Å². The predicted octanol–water partition coefficient (Wildman–Crippen LogP) is 2.98. The summed E-state index contributed by atoms with van der Waals surface area (Å²) < 4.78 is 25.9. The van der Waals surface area contributed by atoms with Crippen molar-refractivity contribution in [3.8, 4) is 0 Å². The molecule has 24 heavy (non-hydrogen) atoms. The first-order valence-corrected chi connectivity index (χ1v) is 8.13. The second-order valence-corrected chi connectivity index (χ2v) is 6.01. The van der Waals surface area contributed by atoms with Crippen LogP contribution >= 0.6 is 11.8 Å². The second-order valence-electron chi connectivity index (χ2n) is 4.96. The second kappa shape index (κ2) is 8.44. The topological polar surface area (TPSA) is 58.2 Å². The van der Waals surface area contributed by atoms with Crippen LogP contribution in [0.2, 0.25) is 0 Å². The molecule has 0 saturated heterocycles. The van der Waals surface area contributed by atoms with Gasteiger partial charge in [-0.15, -0.1) is 11.8 Å². The lowest BCUT2D eigenvalue weighted by atomic mass is 10.1. The smallest absolute Gasteiger partial charge is 0.234 e. The highest BCUT2D eigenvalue weighted by molar-refractivity contribution is 8.00. The Bertz CT molecular complexity index is 736. The van der Waals surface area contributed by atoms with E-state index in [1.165, 1.54) is 6.07 Å². The highest BCUT2D eigenvalue weighted by Gasteiger charge is 2.07. The van der Waals surface area contributed by atoms with Gasteiger partial charge in [0.15, 0.2) is 11.6 Å². The van der Waals surface area contributed by atoms with Crippen molar-refractivity contribution in [2.45, 2.75) is 11.3 Å². The van der Waals surface area contributed by atoms with Crippen molar-refractivity contribution in [2.24, 2.45) is 0 Å². The highest BCUT2D eigenvalue weighted by Crippen LogP contribution is 2.20. The number of carbonyl (C=O) groups is 2. The van der Waals surface area contributed by atoms with E-state index in [9.17, 15) is 18.4 Å². The summed E-state index contributed by atoms with van der Waals surface area (Å²) >= 11 is 1.11. The zero-order chi connectivity index (χ0) is 17.5. The average molecular weight is 350 g/mol. The van der Waals surface area contributed by atoms with Gasteiger partial charge in [-0.1, -0.05) is 12.1 Å². The molecule has 0 bridgehead atoms. The lowest BCUT2D eigenvalue weighted by Crippen LogP contribution is -2.20. The molecule has 0 aliphatic heterocycles. The van der Waals surface area contributed by atoms with Gasteiger partial charge in [0.2, 0.25) is 11.8 Å². The first-order valence-electron chi connectivity index (χ1n) is 7.15. The van der Waals surface area contributed by atoms with E-state index in [1.54, 1.807) is 31.3 Å². The van der Waals surface area contributed by atoms with Crippen LogP contribution < -0.4 is 10.6 Å². The Morgan fingerprint density at radius 1 is 1.00 bits per heavy atom. The Morgan fingerprint density at radius 3 is 2.33 bits per heavy atom. The maximum absolute atomic E-state index is 13.1. The van der Waals surface area contributed by atoms with Crippen LogP contribution in [0.15, 0.2) is 47.4 Å². The summed E-state index contributed by atoms with van der Waals surface area (Å²) in [6.45, 7) is 0. The van der Waals surface area contributed by atoms with Crippen LogP contribution in [0, 0.1) is 11.6 Å². The Labute approximate surface area is 142 Å². The minimum Gasteiger partial charge on any atom is -0.359 e. The van der Waals surface area contributed by atoms with Gasteiger partial charge in [-0.3, -0.25) is 9.59 Å².